The van der Waals surface area contributed by atoms with E-state index in [1.807, 2.05) is 33.0 Å². The molecule has 2 aromatic heterocycles. The third-order valence-electron chi connectivity index (χ3n) is 4.88. The van der Waals surface area contributed by atoms with Gasteiger partial charge in [0.15, 0.2) is 0 Å². The molecule has 1 N–H and O–H groups in total. The van der Waals surface area contributed by atoms with Crippen molar-refractivity contribution in [2.24, 2.45) is 7.05 Å². The summed E-state index contributed by atoms with van der Waals surface area (Å²) in [5, 5.41) is 12.6. The first-order chi connectivity index (χ1) is 12.5. The van der Waals surface area contributed by atoms with Gasteiger partial charge in [-0.05, 0) is 57.4 Å². The van der Waals surface area contributed by atoms with Gasteiger partial charge in [-0.15, -0.1) is 0 Å². The van der Waals surface area contributed by atoms with Crippen LogP contribution in [0, 0.1) is 13.8 Å². The van der Waals surface area contributed by atoms with Gasteiger partial charge in [-0.3, -0.25) is 9.48 Å². The van der Waals surface area contributed by atoms with Crippen LogP contribution in [0.5, 0.6) is 0 Å². The molecule has 1 aromatic carbocycles. The van der Waals surface area contributed by atoms with Crippen molar-refractivity contribution in [1.29, 1.82) is 0 Å². The number of carbonyl (C=O) groups is 1. The predicted octanol–water partition coefficient (Wildman–Crippen LogP) is 3.62. The molecule has 0 saturated carbocycles. The molecule has 26 heavy (non-hydrogen) atoms. The summed E-state index contributed by atoms with van der Waals surface area (Å²) >= 11 is 6.21. The molecule has 0 saturated heterocycles. The fourth-order valence-corrected chi connectivity index (χ4v) is 3.60. The Hall–Kier alpha value is -2.60. The number of aryl methyl sites for hydroxylation is 3. The van der Waals surface area contributed by atoms with Gasteiger partial charge in [-0.2, -0.15) is 10.2 Å². The lowest BCUT2D eigenvalue weighted by Crippen LogP contribution is -2.15. The highest BCUT2D eigenvalue weighted by Crippen LogP contribution is 2.28. The molecule has 4 rings (SSSR count). The molecule has 0 radical (unpaired) electrons. The van der Waals surface area contributed by atoms with Gasteiger partial charge < -0.3 is 5.32 Å². The van der Waals surface area contributed by atoms with E-state index in [4.69, 9.17) is 11.6 Å². The van der Waals surface area contributed by atoms with Crippen molar-refractivity contribution in [1.82, 2.24) is 19.6 Å². The second-order valence-electron chi connectivity index (χ2n) is 6.65. The predicted molar refractivity (Wildman–Crippen MR) is 101 cm³/mol. The number of carbonyl (C=O) groups excluding carboxylic acids is 1. The molecule has 134 valence electrons. The summed E-state index contributed by atoms with van der Waals surface area (Å²) in [5.74, 6) is 0.664. The smallest absolute Gasteiger partial charge is 0.256 e. The molecule has 2 heterocycles. The van der Waals surface area contributed by atoms with Gasteiger partial charge in [0, 0.05) is 18.2 Å². The Kier molecular flexibility index (Phi) is 4.07. The summed E-state index contributed by atoms with van der Waals surface area (Å²) in [5.41, 5.74) is 5.39. The maximum Gasteiger partial charge on any atom is 0.256 e. The molecule has 0 aliphatic heterocycles. The molecule has 3 aromatic rings. The molecule has 0 fully saturated rings. The third kappa shape index (κ3) is 2.70. The number of benzene rings is 1. The average molecular weight is 370 g/mol. The first kappa shape index (κ1) is 16.8. The number of hydrogen-bond acceptors (Lipinski definition) is 3. The zero-order chi connectivity index (χ0) is 18.4. The number of nitrogens with zero attached hydrogens (tertiary/aromatic N) is 4. The lowest BCUT2D eigenvalue weighted by Gasteiger charge is -2.09. The molecule has 0 atom stereocenters. The Balaban J connectivity index is 1.57. The minimum atomic E-state index is -0.138. The summed E-state index contributed by atoms with van der Waals surface area (Å²) < 4.78 is 3.54. The highest BCUT2D eigenvalue weighted by atomic mass is 35.5. The quantitative estimate of drug-likeness (QED) is 0.766. The van der Waals surface area contributed by atoms with Gasteiger partial charge in [0.1, 0.15) is 5.82 Å². The van der Waals surface area contributed by atoms with Gasteiger partial charge in [0.05, 0.1) is 27.8 Å². The average Bonchev–Trinajstić information content (AvgIpc) is 3.27. The van der Waals surface area contributed by atoms with Crippen LogP contribution in [0.15, 0.2) is 24.3 Å². The Morgan fingerprint density at radius 3 is 2.54 bits per heavy atom. The summed E-state index contributed by atoms with van der Waals surface area (Å²) in [6.07, 6.45) is 3.05. The summed E-state index contributed by atoms with van der Waals surface area (Å²) in [4.78, 5) is 12.6. The van der Waals surface area contributed by atoms with E-state index in [1.54, 1.807) is 21.5 Å². The standard InChI is InChI=1S/C19H20ClN5O/c1-11-17(20)12(2)25(22-11)14-9-7-13(8-10-14)19(26)21-18-15-5-4-6-16(15)23-24(18)3/h7-10H,4-6H2,1-3H3,(H,21,26). The highest BCUT2D eigenvalue weighted by Gasteiger charge is 2.22. The van der Waals surface area contributed by atoms with Crippen LogP contribution in [0.4, 0.5) is 5.82 Å². The second-order valence-corrected chi connectivity index (χ2v) is 7.03. The van der Waals surface area contributed by atoms with E-state index in [1.165, 1.54) is 0 Å². The van der Waals surface area contributed by atoms with Gasteiger partial charge in [-0.1, -0.05) is 11.6 Å². The Morgan fingerprint density at radius 1 is 1.15 bits per heavy atom. The number of rotatable bonds is 3. The molecule has 6 nitrogen and oxygen atoms in total. The second kappa shape index (κ2) is 6.29. The Labute approximate surface area is 156 Å². The number of halogens is 1. The maximum absolute atomic E-state index is 12.6. The SMILES string of the molecule is Cc1nn(-c2ccc(C(=O)Nc3c4c(nn3C)CCC4)cc2)c(C)c1Cl. The number of aromatic nitrogens is 4. The first-order valence-electron chi connectivity index (χ1n) is 8.64. The monoisotopic (exact) mass is 369 g/mol. The summed E-state index contributed by atoms with van der Waals surface area (Å²) in [7, 11) is 1.86. The molecule has 1 amide bonds. The lowest BCUT2D eigenvalue weighted by molar-refractivity contribution is 0.102. The summed E-state index contributed by atoms with van der Waals surface area (Å²) in [6, 6.07) is 7.34. The van der Waals surface area contributed by atoms with E-state index in [2.05, 4.69) is 15.5 Å². The number of anilines is 1. The zero-order valence-corrected chi connectivity index (χ0v) is 15.8. The Bertz CT molecular complexity index is 1000. The van der Waals surface area contributed by atoms with Crippen LogP contribution in [-0.4, -0.2) is 25.5 Å². The van der Waals surface area contributed by atoms with Gasteiger partial charge in [0.2, 0.25) is 0 Å². The van der Waals surface area contributed by atoms with Gasteiger partial charge in [0.25, 0.3) is 5.91 Å². The zero-order valence-electron chi connectivity index (χ0n) is 15.0. The van der Waals surface area contributed by atoms with Crippen molar-refractivity contribution >= 4 is 23.3 Å². The molecule has 0 spiro atoms. The first-order valence-corrected chi connectivity index (χ1v) is 9.01. The molecule has 0 bridgehead atoms. The minimum absolute atomic E-state index is 0.138. The molecule has 0 unspecified atom stereocenters. The lowest BCUT2D eigenvalue weighted by atomic mass is 10.2. The number of nitrogens with one attached hydrogen (secondary N) is 1. The minimum Gasteiger partial charge on any atom is -0.307 e. The van der Waals surface area contributed by atoms with Crippen LogP contribution in [0.2, 0.25) is 5.02 Å². The molecular formula is C19H20ClN5O. The van der Waals surface area contributed by atoms with E-state index in [0.717, 1.165) is 53.4 Å². The van der Waals surface area contributed by atoms with Gasteiger partial charge in [-0.25, -0.2) is 4.68 Å². The fraction of sp³-hybridized carbons (Fsp3) is 0.316. The molecular weight excluding hydrogens is 350 g/mol. The molecule has 1 aliphatic carbocycles. The van der Waals surface area contributed by atoms with E-state index in [-0.39, 0.29) is 5.91 Å². The van der Waals surface area contributed by atoms with Crippen molar-refractivity contribution in [3.8, 4) is 5.69 Å². The van der Waals surface area contributed by atoms with Crippen molar-refractivity contribution in [3.05, 3.63) is 57.5 Å². The van der Waals surface area contributed by atoms with Crippen molar-refractivity contribution in [3.63, 3.8) is 0 Å². The van der Waals surface area contributed by atoms with Crippen LogP contribution in [-0.2, 0) is 19.9 Å². The van der Waals surface area contributed by atoms with Crippen molar-refractivity contribution in [2.75, 3.05) is 5.32 Å². The highest BCUT2D eigenvalue weighted by molar-refractivity contribution is 6.31. The topological polar surface area (TPSA) is 64.7 Å². The molecule has 1 aliphatic rings. The maximum atomic E-state index is 12.6. The van der Waals surface area contributed by atoms with Crippen LogP contribution in [0.25, 0.3) is 5.69 Å². The van der Waals surface area contributed by atoms with Crippen LogP contribution in [0.1, 0.15) is 39.4 Å². The van der Waals surface area contributed by atoms with Crippen LogP contribution >= 0.6 is 11.6 Å². The Morgan fingerprint density at radius 2 is 1.88 bits per heavy atom. The summed E-state index contributed by atoms with van der Waals surface area (Å²) in [6.45, 7) is 3.80. The van der Waals surface area contributed by atoms with Crippen LogP contribution < -0.4 is 5.32 Å². The fourth-order valence-electron chi connectivity index (χ4n) is 3.48. The van der Waals surface area contributed by atoms with E-state index >= 15 is 0 Å². The molecule has 7 heteroatoms. The van der Waals surface area contributed by atoms with Gasteiger partial charge >= 0.3 is 0 Å². The number of hydrogen-bond donors (Lipinski definition) is 1. The van der Waals surface area contributed by atoms with Crippen molar-refractivity contribution in [2.45, 2.75) is 33.1 Å². The third-order valence-corrected chi connectivity index (χ3v) is 5.42. The van der Waals surface area contributed by atoms with Crippen LogP contribution in [0.3, 0.4) is 0 Å². The van der Waals surface area contributed by atoms with Crippen molar-refractivity contribution < 1.29 is 4.79 Å². The van der Waals surface area contributed by atoms with E-state index < -0.39 is 0 Å². The largest absolute Gasteiger partial charge is 0.307 e. The van der Waals surface area contributed by atoms with E-state index in [9.17, 15) is 4.79 Å². The van der Waals surface area contributed by atoms with E-state index in [0.29, 0.717) is 10.6 Å². The number of fused-ring (bicyclic) bond motifs is 1. The number of amides is 1. The normalized spacial score (nSPS) is 13.1.